The summed E-state index contributed by atoms with van der Waals surface area (Å²) in [5, 5.41) is 4.00. The molecule has 0 aromatic heterocycles. The largest absolute Gasteiger partial charge is 0.493 e. The fourth-order valence-electron chi connectivity index (χ4n) is 3.86. The van der Waals surface area contributed by atoms with E-state index in [4.69, 9.17) is 14.2 Å². The van der Waals surface area contributed by atoms with Crippen LogP contribution in [0.25, 0.3) is 0 Å². The standard InChI is InChI=1S/C31H31N3O6S/c1-23-9-11-25(12-10-23)22-40-27-16-13-24(14-17-27)20-32-33-31(35)21-34(41(36,37)28-7-5-4-6-8-28)26-15-18-29(38-2)30(19-26)39-3/h4-20H,21-22H2,1-3H3,(H,33,35)/b32-20-. The Hall–Kier alpha value is -4.83. The van der Waals surface area contributed by atoms with E-state index >= 15 is 0 Å². The number of carbonyl (C=O) groups is 1. The predicted molar refractivity (Wildman–Crippen MR) is 158 cm³/mol. The summed E-state index contributed by atoms with van der Waals surface area (Å²) in [6.07, 6.45) is 1.47. The molecule has 0 heterocycles. The van der Waals surface area contributed by atoms with Gasteiger partial charge in [0.15, 0.2) is 11.5 Å². The van der Waals surface area contributed by atoms with E-state index in [1.807, 2.05) is 43.3 Å². The second-order valence-corrected chi connectivity index (χ2v) is 10.9. The van der Waals surface area contributed by atoms with Crippen LogP contribution in [0.3, 0.4) is 0 Å². The fourth-order valence-corrected chi connectivity index (χ4v) is 5.29. The van der Waals surface area contributed by atoms with Gasteiger partial charge in [0.25, 0.3) is 15.9 Å². The summed E-state index contributed by atoms with van der Waals surface area (Å²) in [5.74, 6) is 0.814. The lowest BCUT2D eigenvalue weighted by Gasteiger charge is -2.24. The number of nitrogens with one attached hydrogen (secondary N) is 1. The molecule has 41 heavy (non-hydrogen) atoms. The minimum Gasteiger partial charge on any atom is -0.493 e. The maximum absolute atomic E-state index is 13.5. The summed E-state index contributed by atoms with van der Waals surface area (Å²) in [5.41, 5.74) is 5.62. The first-order valence-electron chi connectivity index (χ1n) is 12.7. The van der Waals surface area contributed by atoms with Gasteiger partial charge < -0.3 is 14.2 Å². The number of aryl methyl sites for hydroxylation is 1. The molecular weight excluding hydrogens is 542 g/mol. The number of hydrogen-bond acceptors (Lipinski definition) is 7. The normalized spacial score (nSPS) is 11.2. The van der Waals surface area contributed by atoms with E-state index in [0.717, 1.165) is 15.4 Å². The van der Waals surface area contributed by atoms with Crippen LogP contribution in [0.15, 0.2) is 107 Å². The van der Waals surface area contributed by atoms with Gasteiger partial charge in [-0.25, -0.2) is 13.8 Å². The SMILES string of the molecule is COc1ccc(N(CC(=O)N/N=C\c2ccc(OCc3ccc(C)cc3)cc2)S(=O)(=O)c2ccccc2)cc1OC. The van der Waals surface area contributed by atoms with Crippen molar-refractivity contribution in [2.45, 2.75) is 18.4 Å². The zero-order chi connectivity index (χ0) is 29.2. The second-order valence-electron chi connectivity index (χ2n) is 9.00. The minimum atomic E-state index is -4.09. The van der Waals surface area contributed by atoms with Crippen molar-refractivity contribution in [1.82, 2.24) is 5.43 Å². The van der Waals surface area contributed by atoms with Crippen LogP contribution in [0.4, 0.5) is 5.69 Å². The Kier molecular flexibility index (Phi) is 9.60. The van der Waals surface area contributed by atoms with E-state index in [2.05, 4.69) is 10.5 Å². The smallest absolute Gasteiger partial charge is 0.264 e. The van der Waals surface area contributed by atoms with Gasteiger partial charge in [0.2, 0.25) is 0 Å². The number of rotatable bonds is 12. The number of anilines is 1. The third kappa shape index (κ3) is 7.64. The monoisotopic (exact) mass is 573 g/mol. The van der Waals surface area contributed by atoms with Crippen molar-refractivity contribution in [3.63, 3.8) is 0 Å². The quantitative estimate of drug-likeness (QED) is 0.190. The van der Waals surface area contributed by atoms with Crippen LogP contribution in [0.5, 0.6) is 17.2 Å². The van der Waals surface area contributed by atoms with Crippen LogP contribution in [-0.4, -0.2) is 41.3 Å². The summed E-state index contributed by atoms with van der Waals surface area (Å²) in [4.78, 5) is 12.9. The number of methoxy groups -OCH3 is 2. The first-order valence-corrected chi connectivity index (χ1v) is 14.1. The molecule has 0 aliphatic heterocycles. The summed E-state index contributed by atoms with van der Waals surface area (Å²) in [6, 6.07) is 27.8. The van der Waals surface area contributed by atoms with Crippen LogP contribution in [-0.2, 0) is 21.4 Å². The van der Waals surface area contributed by atoms with E-state index in [1.165, 1.54) is 44.2 Å². The number of ether oxygens (including phenoxy) is 3. The summed E-state index contributed by atoms with van der Waals surface area (Å²) < 4.78 is 44.5. The molecule has 4 aromatic rings. The molecule has 1 N–H and O–H groups in total. The maximum atomic E-state index is 13.5. The highest BCUT2D eigenvalue weighted by atomic mass is 32.2. The Morgan fingerprint density at radius 1 is 0.878 bits per heavy atom. The van der Waals surface area contributed by atoms with Crippen LogP contribution in [0.1, 0.15) is 16.7 Å². The Morgan fingerprint density at radius 2 is 1.56 bits per heavy atom. The van der Waals surface area contributed by atoms with Crippen molar-refractivity contribution < 1.29 is 27.4 Å². The third-order valence-electron chi connectivity index (χ3n) is 6.08. The molecule has 212 valence electrons. The Bertz CT molecular complexity index is 1590. The number of sulfonamides is 1. The minimum absolute atomic E-state index is 0.0378. The first kappa shape index (κ1) is 29.2. The molecular formula is C31H31N3O6S. The topological polar surface area (TPSA) is 107 Å². The lowest BCUT2D eigenvalue weighted by Crippen LogP contribution is -2.39. The Labute approximate surface area is 240 Å². The highest BCUT2D eigenvalue weighted by molar-refractivity contribution is 7.92. The van der Waals surface area contributed by atoms with Crippen LogP contribution in [0.2, 0.25) is 0 Å². The van der Waals surface area contributed by atoms with E-state index in [-0.39, 0.29) is 10.6 Å². The molecule has 4 aromatic carbocycles. The van der Waals surface area contributed by atoms with Crippen molar-refractivity contribution in [2.24, 2.45) is 5.10 Å². The lowest BCUT2D eigenvalue weighted by molar-refractivity contribution is -0.119. The zero-order valence-corrected chi connectivity index (χ0v) is 23.8. The summed E-state index contributed by atoms with van der Waals surface area (Å²) >= 11 is 0. The predicted octanol–water partition coefficient (Wildman–Crippen LogP) is 4.94. The Balaban J connectivity index is 1.44. The van der Waals surface area contributed by atoms with Crippen LogP contribution < -0.4 is 23.9 Å². The van der Waals surface area contributed by atoms with Gasteiger partial charge in [-0.1, -0.05) is 48.0 Å². The molecule has 0 bridgehead atoms. The molecule has 0 aliphatic rings. The average molecular weight is 574 g/mol. The number of nitrogens with zero attached hydrogens (tertiary/aromatic N) is 2. The van der Waals surface area contributed by atoms with Gasteiger partial charge in [-0.15, -0.1) is 0 Å². The van der Waals surface area contributed by atoms with Gasteiger partial charge in [0.1, 0.15) is 18.9 Å². The fraction of sp³-hybridized carbons (Fsp3) is 0.161. The molecule has 0 unspecified atom stereocenters. The van der Waals surface area contributed by atoms with Gasteiger partial charge in [-0.3, -0.25) is 9.10 Å². The number of hydrogen-bond donors (Lipinski definition) is 1. The van der Waals surface area contributed by atoms with Crippen molar-refractivity contribution in [3.8, 4) is 17.2 Å². The maximum Gasteiger partial charge on any atom is 0.264 e. The number of carbonyl (C=O) groups excluding carboxylic acids is 1. The molecule has 9 nitrogen and oxygen atoms in total. The summed E-state index contributed by atoms with van der Waals surface area (Å²) in [7, 11) is -1.17. The molecule has 0 saturated carbocycles. The first-order chi connectivity index (χ1) is 19.8. The molecule has 10 heteroatoms. The van der Waals surface area contributed by atoms with Crippen molar-refractivity contribution in [3.05, 3.63) is 114 Å². The van der Waals surface area contributed by atoms with Crippen molar-refractivity contribution in [1.29, 1.82) is 0 Å². The number of amides is 1. The van der Waals surface area contributed by atoms with Gasteiger partial charge in [-0.05, 0) is 66.6 Å². The second kappa shape index (κ2) is 13.5. The molecule has 4 rings (SSSR count). The molecule has 1 amide bonds. The van der Waals surface area contributed by atoms with Gasteiger partial charge in [0.05, 0.1) is 31.0 Å². The Morgan fingerprint density at radius 3 is 2.22 bits per heavy atom. The van der Waals surface area contributed by atoms with Crippen LogP contribution in [0, 0.1) is 6.92 Å². The van der Waals surface area contributed by atoms with E-state index < -0.39 is 22.5 Å². The highest BCUT2D eigenvalue weighted by Crippen LogP contribution is 2.33. The lowest BCUT2D eigenvalue weighted by atomic mass is 10.2. The van der Waals surface area contributed by atoms with E-state index in [9.17, 15) is 13.2 Å². The summed E-state index contributed by atoms with van der Waals surface area (Å²) in [6.45, 7) is 1.97. The van der Waals surface area contributed by atoms with E-state index in [1.54, 1.807) is 42.5 Å². The zero-order valence-electron chi connectivity index (χ0n) is 23.0. The van der Waals surface area contributed by atoms with Crippen molar-refractivity contribution in [2.75, 3.05) is 25.1 Å². The van der Waals surface area contributed by atoms with E-state index in [0.29, 0.717) is 23.9 Å². The average Bonchev–Trinajstić information content (AvgIpc) is 3.00. The van der Waals surface area contributed by atoms with Crippen LogP contribution >= 0.6 is 0 Å². The molecule has 0 radical (unpaired) electrons. The van der Waals surface area contributed by atoms with Gasteiger partial charge >= 0.3 is 0 Å². The third-order valence-corrected chi connectivity index (χ3v) is 7.87. The highest BCUT2D eigenvalue weighted by Gasteiger charge is 2.28. The van der Waals surface area contributed by atoms with Gasteiger partial charge in [-0.2, -0.15) is 5.10 Å². The van der Waals surface area contributed by atoms with Gasteiger partial charge in [0, 0.05) is 6.07 Å². The molecule has 0 aliphatic carbocycles. The molecule has 0 spiro atoms. The molecule has 0 saturated heterocycles. The molecule has 0 fully saturated rings. The number of benzene rings is 4. The number of hydrazone groups is 1. The van der Waals surface area contributed by atoms with Crippen molar-refractivity contribution >= 4 is 27.8 Å². The molecule has 0 atom stereocenters.